The zero-order valence-corrected chi connectivity index (χ0v) is 13.9. The highest BCUT2D eigenvalue weighted by molar-refractivity contribution is 5.45. The van der Waals surface area contributed by atoms with Crippen LogP contribution in [0.2, 0.25) is 0 Å². The minimum atomic E-state index is 0.0398. The lowest BCUT2D eigenvalue weighted by atomic mass is 9.87. The fourth-order valence-electron chi connectivity index (χ4n) is 3.15. The van der Waals surface area contributed by atoms with Gasteiger partial charge in [-0.25, -0.2) is 0 Å². The summed E-state index contributed by atoms with van der Waals surface area (Å²) in [6, 6.07) is 0.240. The number of hydrogen-bond acceptors (Lipinski definition) is 8. The average molecular weight is 322 g/mol. The van der Waals surface area contributed by atoms with Crippen molar-refractivity contribution in [2.75, 3.05) is 55.0 Å². The van der Waals surface area contributed by atoms with Gasteiger partial charge in [-0.1, -0.05) is 0 Å². The van der Waals surface area contributed by atoms with E-state index in [0.29, 0.717) is 24.4 Å². The molecule has 0 aliphatic carbocycles. The molecular weight excluding hydrogens is 296 g/mol. The highest BCUT2D eigenvalue weighted by atomic mass is 16.5. The first-order valence-electron chi connectivity index (χ1n) is 8.30. The summed E-state index contributed by atoms with van der Waals surface area (Å²) in [6.07, 6.45) is 2.23. The number of anilines is 3. The van der Waals surface area contributed by atoms with Gasteiger partial charge in [-0.15, -0.1) is 0 Å². The summed E-state index contributed by atoms with van der Waals surface area (Å²) in [5.41, 5.74) is 0.261. The van der Waals surface area contributed by atoms with Crippen LogP contribution in [0.4, 0.5) is 17.8 Å². The van der Waals surface area contributed by atoms with E-state index >= 15 is 0 Å². The molecule has 2 aliphatic rings. The number of rotatable bonds is 6. The molecule has 128 valence electrons. The van der Waals surface area contributed by atoms with Gasteiger partial charge in [0.1, 0.15) is 0 Å². The van der Waals surface area contributed by atoms with E-state index in [1.165, 1.54) is 0 Å². The molecule has 8 heteroatoms. The van der Waals surface area contributed by atoms with Crippen LogP contribution in [0.5, 0.6) is 0 Å². The van der Waals surface area contributed by atoms with Crippen LogP contribution in [0.15, 0.2) is 0 Å². The minimum Gasteiger partial charge on any atom is -0.395 e. The number of nitrogens with zero attached hydrogens (tertiary/aromatic N) is 4. The standard InChI is InChI=1S/C15H26N6O2/c1-11(2)17-13-18-12(16-5-7-22)19-14(20-13)21-6-3-15(9-21)4-8-23-10-15/h11,22H,3-10H2,1-2H3,(H2,16,17,18,19,20)/t15-/m1/s1. The Hall–Kier alpha value is -1.67. The van der Waals surface area contributed by atoms with Crippen LogP contribution in [0, 0.1) is 5.41 Å². The van der Waals surface area contributed by atoms with E-state index in [0.717, 1.165) is 39.1 Å². The van der Waals surface area contributed by atoms with Crippen molar-refractivity contribution in [2.45, 2.75) is 32.7 Å². The van der Waals surface area contributed by atoms with Crippen LogP contribution >= 0.6 is 0 Å². The molecule has 0 amide bonds. The highest BCUT2D eigenvalue weighted by Crippen LogP contribution is 2.39. The maximum Gasteiger partial charge on any atom is 0.231 e. The highest BCUT2D eigenvalue weighted by Gasteiger charge is 2.42. The molecule has 0 saturated carbocycles. The molecule has 0 radical (unpaired) electrons. The molecule has 3 N–H and O–H groups in total. The summed E-state index contributed by atoms with van der Waals surface area (Å²) in [5, 5.41) is 15.2. The van der Waals surface area contributed by atoms with Gasteiger partial charge in [0.2, 0.25) is 17.8 Å². The van der Waals surface area contributed by atoms with E-state index < -0.39 is 0 Å². The molecule has 3 heterocycles. The fourth-order valence-corrected chi connectivity index (χ4v) is 3.15. The van der Waals surface area contributed by atoms with Crippen LogP contribution < -0.4 is 15.5 Å². The Morgan fingerprint density at radius 1 is 1.26 bits per heavy atom. The van der Waals surface area contributed by atoms with E-state index in [2.05, 4.69) is 30.5 Å². The summed E-state index contributed by atoms with van der Waals surface area (Å²) in [4.78, 5) is 15.7. The van der Waals surface area contributed by atoms with Crippen molar-refractivity contribution in [1.82, 2.24) is 15.0 Å². The Labute approximate surface area is 136 Å². The largest absolute Gasteiger partial charge is 0.395 e. The van der Waals surface area contributed by atoms with E-state index in [1.54, 1.807) is 0 Å². The summed E-state index contributed by atoms with van der Waals surface area (Å²) in [5.74, 6) is 1.75. The maximum atomic E-state index is 8.99. The molecule has 8 nitrogen and oxygen atoms in total. The van der Waals surface area contributed by atoms with Crippen LogP contribution in [0.3, 0.4) is 0 Å². The molecule has 2 fully saturated rings. The first-order chi connectivity index (χ1) is 11.1. The van der Waals surface area contributed by atoms with Gasteiger partial charge in [0.25, 0.3) is 0 Å². The second-order valence-electron chi connectivity index (χ2n) is 6.71. The first-order valence-corrected chi connectivity index (χ1v) is 8.30. The van der Waals surface area contributed by atoms with Crippen molar-refractivity contribution in [1.29, 1.82) is 0 Å². The SMILES string of the molecule is CC(C)Nc1nc(NCCO)nc(N2CC[C@@]3(CCOC3)C2)n1. The lowest BCUT2D eigenvalue weighted by Crippen LogP contribution is -2.29. The molecule has 23 heavy (non-hydrogen) atoms. The van der Waals surface area contributed by atoms with Crippen molar-refractivity contribution in [2.24, 2.45) is 5.41 Å². The van der Waals surface area contributed by atoms with Crippen LogP contribution in [0.25, 0.3) is 0 Å². The van der Waals surface area contributed by atoms with Gasteiger partial charge in [0.05, 0.1) is 13.2 Å². The Morgan fingerprint density at radius 3 is 2.78 bits per heavy atom. The monoisotopic (exact) mass is 322 g/mol. The van der Waals surface area contributed by atoms with Gasteiger partial charge < -0.3 is 25.4 Å². The van der Waals surface area contributed by atoms with Crippen molar-refractivity contribution in [3.05, 3.63) is 0 Å². The average Bonchev–Trinajstić information content (AvgIpc) is 3.15. The van der Waals surface area contributed by atoms with E-state index in [9.17, 15) is 0 Å². The lowest BCUT2D eigenvalue weighted by molar-refractivity contribution is 0.160. The molecule has 0 aromatic carbocycles. The zero-order chi connectivity index (χ0) is 16.3. The number of hydrogen-bond donors (Lipinski definition) is 3. The van der Waals surface area contributed by atoms with Crippen LogP contribution in [-0.4, -0.2) is 65.6 Å². The predicted molar refractivity (Wildman–Crippen MR) is 88.9 cm³/mol. The lowest BCUT2D eigenvalue weighted by Gasteiger charge is -2.22. The third-order valence-corrected chi connectivity index (χ3v) is 4.34. The Morgan fingerprint density at radius 2 is 2.09 bits per heavy atom. The van der Waals surface area contributed by atoms with E-state index in [4.69, 9.17) is 9.84 Å². The normalized spacial score (nSPS) is 23.9. The second-order valence-corrected chi connectivity index (χ2v) is 6.71. The number of ether oxygens (including phenoxy) is 1. The van der Waals surface area contributed by atoms with Gasteiger partial charge in [-0.05, 0) is 26.7 Å². The Kier molecular flexibility index (Phi) is 4.82. The van der Waals surface area contributed by atoms with E-state index in [-0.39, 0.29) is 18.1 Å². The van der Waals surface area contributed by atoms with Crippen molar-refractivity contribution in [3.63, 3.8) is 0 Å². The molecule has 0 unspecified atom stereocenters. The molecule has 1 aromatic rings. The van der Waals surface area contributed by atoms with Crippen molar-refractivity contribution >= 4 is 17.8 Å². The summed E-state index contributed by atoms with van der Waals surface area (Å²) in [6.45, 7) is 8.11. The smallest absolute Gasteiger partial charge is 0.231 e. The Bertz CT molecular complexity index is 533. The van der Waals surface area contributed by atoms with E-state index in [1.807, 2.05) is 13.8 Å². The van der Waals surface area contributed by atoms with Gasteiger partial charge in [-0.2, -0.15) is 15.0 Å². The number of nitrogens with one attached hydrogen (secondary N) is 2. The maximum absolute atomic E-state index is 8.99. The molecule has 0 bridgehead atoms. The Balaban J connectivity index is 1.79. The van der Waals surface area contributed by atoms with Gasteiger partial charge >= 0.3 is 0 Å². The molecule has 3 rings (SSSR count). The third-order valence-electron chi connectivity index (χ3n) is 4.34. The minimum absolute atomic E-state index is 0.0398. The molecular formula is C15H26N6O2. The molecule has 1 spiro atoms. The van der Waals surface area contributed by atoms with Gasteiger partial charge in [0, 0.05) is 37.7 Å². The molecule has 2 saturated heterocycles. The molecule has 1 atom stereocenters. The summed E-state index contributed by atoms with van der Waals surface area (Å²) >= 11 is 0. The molecule has 1 aromatic heterocycles. The predicted octanol–water partition coefficient (Wildman–Crippen LogP) is 0.713. The van der Waals surface area contributed by atoms with Gasteiger partial charge in [-0.3, -0.25) is 0 Å². The van der Waals surface area contributed by atoms with Crippen molar-refractivity contribution in [3.8, 4) is 0 Å². The summed E-state index contributed by atoms with van der Waals surface area (Å²) in [7, 11) is 0. The van der Waals surface area contributed by atoms with Crippen LogP contribution in [-0.2, 0) is 4.74 Å². The molecule has 2 aliphatic heterocycles. The second kappa shape index (κ2) is 6.84. The topological polar surface area (TPSA) is 95.4 Å². The van der Waals surface area contributed by atoms with Gasteiger partial charge in [0.15, 0.2) is 0 Å². The fraction of sp³-hybridized carbons (Fsp3) is 0.800. The first kappa shape index (κ1) is 16.2. The summed E-state index contributed by atoms with van der Waals surface area (Å²) < 4.78 is 5.59. The number of aromatic nitrogens is 3. The number of aliphatic hydroxyl groups excluding tert-OH is 1. The van der Waals surface area contributed by atoms with Crippen LogP contribution in [0.1, 0.15) is 26.7 Å². The van der Waals surface area contributed by atoms with Crippen molar-refractivity contribution < 1.29 is 9.84 Å². The number of aliphatic hydroxyl groups is 1. The third kappa shape index (κ3) is 3.81. The zero-order valence-electron chi connectivity index (χ0n) is 13.9. The quantitative estimate of drug-likeness (QED) is 0.705.